The van der Waals surface area contributed by atoms with Crippen LogP contribution in [0.1, 0.15) is 47.8 Å². The summed E-state index contributed by atoms with van der Waals surface area (Å²) in [6, 6.07) is 23.4. The number of rotatable bonds is 8. The van der Waals surface area contributed by atoms with Crippen molar-refractivity contribution in [2.24, 2.45) is 0 Å². The number of hydrogen-bond acceptors (Lipinski definition) is 5. The fourth-order valence-corrected chi connectivity index (χ4v) is 5.87. The molecule has 1 N–H and O–H groups in total. The van der Waals surface area contributed by atoms with E-state index in [-0.39, 0.29) is 6.42 Å². The van der Waals surface area contributed by atoms with Gasteiger partial charge in [-0.2, -0.15) is 5.10 Å². The van der Waals surface area contributed by atoms with Crippen molar-refractivity contribution in [3.8, 4) is 5.75 Å². The van der Waals surface area contributed by atoms with Crippen molar-refractivity contribution < 1.29 is 19.1 Å². The number of para-hydroxylation sites is 1. The van der Waals surface area contributed by atoms with Crippen LogP contribution in [0.15, 0.2) is 83.4 Å². The average molecular weight is 532 g/mol. The van der Waals surface area contributed by atoms with Crippen LogP contribution < -0.4 is 4.74 Å². The van der Waals surface area contributed by atoms with Gasteiger partial charge in [-0.15, -0.1) is 0 Å². The van der Waals surface area contributed by atoms with Crippen molar-refractivity contribution in [3.05, 3.63) is 102 Å². The summed E-state index contributed by atoms with van der Waals surface area (Å²) in [5.41, 5.74) is 7.00. The molecule has 7 nitrogen and oxygen atoms in total. The summed E-state index contributed by atoms with van der Waals surface area (Å²) < 4.78 is 13.8. The Morgan fingerprint density at radius 3 is 2.77 bits per heavy atom. The van der Waals surface area contributed by atoms with Crippen molar-refractivity contribution in [2.75, 3.05) is 6.61 Å². The molecule has 200 valence electrons. The van der Waals surface area contributed by atoms with Gasteiger partial charge in [-0.3, -0.25) is 14.5 Å². The van der Waals surface area contributed by atoms with Crippen molar-refractivity contribution in [1.82, 2.24) is 14.8 Å². The number of carboxylic acid groups (broad SMARTS) is 1. The third-order valence-electron chi connectivity index (χ3n) is 7.88. The smallest absolute Gasteiger partial charge is 0.305 e. The summed E-state index contributed by atoms with van der Waals surface area (Å²) >= 11 is 0. The number of aliphatic carboxylic acids is 1. The highest BCUT2D eigenvalue weighted by atomic mass is 16.5. The highest BCUT2D eigenvalue weighted by Crippen LogP contribution is 2.34. The van der Waals surface area contributed by atoms with E-state index in [0.717, 1.165) is 69.1 Å². The summed E-state index contributed by atoms with van der Waals surface area (Å²) in [6.07, 6.45) is 7.10. The maximum absolute atomic E-state index is 11.9. The minimum Gasteiger partial charge on any atom is -0.493 e. The molecule has 1 aliphatic rings. The first-order valence-corrected chi connectivity index (χ1v) is 13.8. The monoisotopic (exact) mass is 531 g/mol. The molecule has 0 aliphatic heterocycles. The Kier molecular flexibility index (Phi) is 6.19. The Balaban J connectivity index is 1.13. The Morgan fingerprint density at radius 1 is 0.975 bits per heavy atom. The van der Waals surface area contributed by atoms with E-state index < -0.39 is 12.0 Å². The maximum Gasteiger partial charge on any atom is 0.305 e. The van der Waals surface area contributed by atoms with Gasteiger partial charge in [0.15, 0.2) is 0 Å². The number of aryl methyl sites for hydroxylation is 2. The largest absolute Gasteiger partial charge is 0.493 e. The predicted molar refractivity (Wildman–Crippen MR) is 154 cm³/mol. The van der Waals surface area contributed by atoms with Crippen LogP contribution in [-0.4, -0.2) is 32.4 Å². The summed E-state index contributed by atoms with van der Waals surface area (Å²) in [5, 5.41) is 17.3. The van der Waals surface area contributed by atoms with Gasteiger partial charge in [0.05, 0.1) is 30.8 Å². The van der Waals surface area contributed by atoms with Crippen LogP contribution in [0.4, 0.5) is 0 Å². The summed E-state index contributed by atoms with van der Waals surface area (Å²) in [7, 11) is 0. The van der Waals surface area contributed by atoms with Crippen LogP contribution in [0.3, 0.4) is 0 Å². The Labute approximate surface area is 231 Å². The maximum atomic E-state index is 11.9. The van der Waals surface area contributed by atoms with Crippen LogP contribution in [0.25, 0.3) is 32.8 Å². The first kappa shape index (κ1) is 24.4. The van der Waals surface area contributed by atoms with Gasteiger partial charge >= 0.3 is 5.97 Å². The molecule has 0 radical (unpaired) electrons. The zero-order valence-corrected chi connectivity index (χ0v) is 22.0. The zero-order chi connectivity index (χ0) is 27.1. The van der Waals surface area contributed by atoms with Crippen LogP contribution in [0.5, 0.6) is 5.75 Å². The van der Waals surface area contributed by atoms with Crippen molar-refractivity contribution in [1.29, 1.82) is 0 Å². The average Bonchev–Trinajstić information content (AvgIpc) is 3.56. The number of nitrogens with zero attached hydrogens (tertiary/aromatic N) is 3. The molecule has 0 fully saturated rings. The normalized spacial score (nSPS) is 14.0. The van der Waals surface area contributed by atoms with Gasteiger partial charge < -0.3 is 14.3 Å². The van der Waals surface area contributed by atoms with Crippen molar-refractivity contribution in [3.63, 3.8) is 0 Å². The van der Waals surface area contributed by atoms with Gasteiger partial charge in [0.2, 0.25) is 0 Å². The topological polar surface area (TPSA) is 90.4 Å². The standard InChI is InChI=1S/C33H29N3O4/c37-33(38)19-30(22-10-14-32-27(18-22)26-6-2-4-8-31(26)40-32)36-29-13-12-25(17-23(29)20-34-36)39-16-15-24-11-9-21-5-1-3-7-28(21)35-24/h2,4,6,8-14,17-18,20,30H,1,3,5,7,15-16,19H2,(H,37,38). The van der Waals surface area contributed by atoms with E-state index in [4.69, 9.17) is 14.1 Å². The van der Waals surface area contributed by atoms with E-state index in [1.54, 1.807) is 10.9 Å². The van der Waals surface area contributed by atoms with E-state index in [2.05, 4.69) is 17.2 Å². The van der Waals surface area contributed by atoms with E-state index in [1.807, 2.05) is 60.7 Å². The molecule has 7 rings (SSSR count). The molecule has 1 unspecified atom stereocenters. The van der Waals surface area contributed by atoms with Crippen molar-refractivity contribution in [2.45, 2.75) is 44.6 Å². The molecule has 1 atom stereocenters. The Morgan fingerprint density at radius 2 is 1.85 bits per heavy atom. The van der Waals surface area contributed by atoms with E-state index in [9.17, 15) is 9.90 Å². The molecule has 3 aromatic carbocycles. The lowest BCUT2D eigenvalue weighted by Crippen LogP contribution is -2.16. The Bertz CT molecular complexity index is 1870. The summed E-state index contributed by atoms with van der Waals surface area (Å²) in [6.45, 7) is 0.533. The second-order valence-electron chi connectivity index (χ2n) is 10.5. The molecular weight excluding hydrogens is 502 g/mol. The molecule has 0 amide bonds. The quantitative estimate of drug-likeness (QED) is 0.230. The third-order valence-corrected chi connectivity index (χ3v) is 7.88. The van der Waals surface area contributed by atoms with Crippen LogP contribution in [0.2, 0.25) is 0 Å². The predicted octanol–water partition coefficient (Wildman–Crippen LogP) is 6.90. The number of hydrogen-bond donors (Lipinski definition) is 1. The first-order chi connectivity index (χ1) is 19.6. The van der Waals surface area contributed by atoms with Gasteiger partial charge in [-0.05, 0) is 79.3 Å². The minimum absolute atomic E-state index is 0.0932. The molecule has 40 heavy (non-hydrogen) atoms. The second-order valence-corrected chi connectivity index (χ2v) is 10.5. The molecule has 0 bridgehead atoms. The number of pyridine rings is 1. The van der Waals surface area contributed by atoms with Gasteiger partial charge in [0.25, 0.3) is 0 Å². The fraction of sp³-hybridized carbons (Fsp3) is 0.242. The Hall–Kier alpha value is -4.65. The number of ether oxygens (including phenoxy) is 1. The molecule has 6 aromatic rings. The number of aromatic nitrogens is 3. The number of carboxylic acids is 1. The SMILES string of the molecule is O=C(O)CC(c1ccc2oc3ccccc3c2c1)n1ncc2cc(OCCc3ccc4c(n3)CCCC4)ccc21. The highest BCUT2D eigenvalue weighted by Gasteiger charge is 2.22. The van der Waals surface area contributed by atoms with Gasteiger partial charge in [0, 0.05) is 34.0 Å². The first-order valence-electron chi connectivity index (χ1n) is 13.8. The molecule has 0 saturated carbocycles. The lowest BCUT2D eigenvalue weighted by atomic mass is 9.96. The van der Waals surface area contributed by atoms with E-state index in [0.29, 0.717) is 6.61 Å². The lowest BCUT2D eigenvalue weighted by Gasteiger charge is -2.18. The lowest BCUT2D eigenvalue weighted by molar-refractivity contribution is -0.137. The molecule has 7 heteroatoms. The second kappa shape index (κ2) is 10.2. The van der Waals surface area contributed by atoms with Gasteiger partial charge in [0.1, 0.15) is 16.9 Å². The molecule has 3 aromatic heterocycles. The highest BCUT2D eigenvalue weighted by molar-refractivity contribution is 6.05. The molecule has 0 saturated heterocycles. The van der Waals surface area contributed by atoms with E-state index >= 15 is 0 Å². The molecule has 1 aliphatic carbocycles. The van der Waals surface area contributed by atoms with Gasteiger partial charge in [-0.1, -0.05) is 30.3 Å². The van der Waals surface area contributed by atoms with Gasteiger partial charge in [-0.25, -0.2) is 0 Å². The number of fused-ring (bicyclic) bond motifs is 5. The van der Waals surface area contributed by atoms with Crippen LogP contribution in [-0.2, 0) is 24.1 Å². The summed E-state index contributed by atoms with van der Waals surface area (Å²) in [5.74, 6) is -0.132. The fourth-order valence-electron chi connectivity index (χ4n) is 5.87. The zero-order valence-electron chi connectivity index (χ0n) is 22.0. The molecule has 0 spiro atoms. The summed E-state index contributed by atoms with van der Waals surface area (Å²) in [4.78, 5) is 16.8. The number of benzene rings is 3. The number of carbonyl (C=O) groups is 1. The number of furan rings is 1. The minimum atomic E-state index is -0.887. The van der Waals surface area contributed by atoms with Crippen molar-refractivity contribution >= 4 is 38.8 Å². The third kappa shape index (κ3) is 4.57. The van der Waals surface area contributed by atoms with Crippen LogP contribution in [0, 0.1) is 0 Å². The molecule has 3 heterocycles. The van der Waals surface area contributed by atoms with Crippen LogP contribution >= 0.6 is 0 Å². The van der Waals surface area contributed by atoms with E-state index in [1.165, 1.54) is 24.1 Å². The molecular formula is C33H29N3O4.